The first kappa shape index (κ1) is 18.6. The highest BCUT2D eigenvalue weighted by molar-refractivity contribution is 5.61. The van der Waals surface area contributed by atoms with Crippen LogP contribution in [0.4, 0.5) is 0 Å². The molecule has 2 N–H and O–H groups in total. The van der Waals surface area contributed by atoms with E-state index in [1.54, 1.807) is 12.1 Å². The zero-order chi connectivity index (χ0) is 17.1. The van der Waals surface area contributed by atoms with Crippen LogP contribution in [0.2, 0.25) is 0 Å². The van der Waals surface area contributed by atoms with Crippen molar-refractivity contribution < 1.29 is 5.11 Å². The maximum absolute atomic E-state index is 9.87. The molecule has 0 radical (unpaired) electrons. The molecule has 1 aromatic rings. The van der Waals surface area contributed by atoms with E-state index < -0.39 is 0 Å². The Labute approximate surface area is 140 Å². The minimum atomic E-state index is 0.284. The highest BCUT2D eigenvalue weighted by Crippen LogP contribution is 2.20. The Kier molecular flexibility index (Phi) is 8.30. The average molecular weight is 309 g/mol. The number of hydrogen-bond acceptors (Lipinski definition) is 2. The first-order chi connectivity index (χ1) is 11.0. The summed E-state index contributed by atoms with van der Waals surface area (Å²) in [6.07, 6.45) is 13.6. The summed E-state index contributed by atoms with van der Waals surface area (Å²) in [6, 6.07) is 5.56. The molecular weight excluding hydrogens is 282 g/mol. The van der Waals surface area contributed by atoms with Crippen LogP contribution in [0.5, 0.6) is 5.75 Å². The molecule has 0 saturated heterocycles. The standard InChI is InChI=1S/C21H27NO/c1-5-7-19(13-15-22-14-6-8-17(2)3)10-11-20-16-18(4)9-12-21(20)23/h5,7,9-13,15-16,22-23H,1-2,6,8,14H2,3-4H3/b11-10+,15-13-,19-7-. The molecule has 0 unspecified atom stereocenters. The topological polar surface area (TPSA) is 32.3 Å². The summed E-state index contributed by atoms with van der Waals surface area (Å²) in [5, 5.41) is 13.1. The van der Waals surface area contributed by atoms with Crippen molar-refractivity contribution in [3.8, 4) is 5.75 Å². The number of rotatable bonds is 9. The van der Waals surface area contributed by atoms with Crippen molar-refractivity contribution in [2.75, 3.05) is 6.54 Å². The van der Waals surface area contributed by atoms with Gasteiger partial charge in [-0.1, -0.05) is 48.1 Å². The minimum absolute atomic E-state index is 0.284. The first-order valence-corrected chi connectivity index (χ1v) is 7.87. The fourth-order valence-corrected chi connectivity index (χ4v) is 2.03. The van der Waals surface area contributed by atoms with Crippen LogP contribution in [-0.4, -0.2) is 11.7 Å². The van der Waals surface area contributed by atoms with Gasteiger partial charge in [0.05, 0.1) is 0 Å². The zero-order valence-corrected chi connectivity index (χ0v) is 14.2. The zero-order valence-electron chi connectivity index (χ0n) is 14.2. The molecule has 23 heavy (non-hydrogen) atoms. The lowest BCUT2D eigenvalue weighted by Gasteiger charge is -2.02. The van der Waals surface area contributed by atoms with Crippen LogP contribution in [0.1, 0.15) is 30.9 Å². The fraction of sp³-hybridized carbons (Fsp3) is 0.238. The molecule has 0 spiro atoms. The van der Waals surface area contributed by atoms with E-state index in [4.69, 9.17) is 0 Å². The van der Waals surface area contributed by atoms with Gasteiger partial charge in [0.1, 0.15) is 5.75 Å². The second-order valence-corrected chi connectivity index (χ2v) is 5.65. The molecular formula is C21H27NO. The van der Waals surface area contributed by atoms with Crippen LogP contribution in [0, 0.1) is 6.92 Å². The third-order valence-corrected chi connectivity index (χ3v) is 3.27. The molecule has 0 amide bonds. The Morgan fingerprint density at radius 2 is 2.09 bits per heavy atom. The van der Waals surface area contributed by atoms with E-state index in [1.807, 2.05) is 56.5 Å². The molecule has 0 aromatic heterocycles. The number of phenolic OH excluding ortho intramolecular Hbond substituents is 1. The molecule has 0 aliphatic heterocycles. The normalized spacial score (nSPS) is 12.0. The summed E-state index contributed by atoms with van der Waals surface area (Å²) in [7, 11) is 0. The molecule has 122 valence electrons. The van der Waals surface area contributed by atoms with Crippen molar-refractivity contribution in [3.05, 3.63) is 84.1 Å². The second kappa shape index (κ2) is 10.3. The maximum Gasteiger partial charge on any atom is 0.122 e. The average Bonchev–Trinajstić information content (AvgIpc) is 2.50. The molecule has 0 aliphatic rings. The van der Waals surface area contributed by atoms with Gasteiger partial charge >= 0.3 is 0 Å². The van der Waals surface area contributed by atoms with E-state index in [9.17, 15) is 5.11 Å². The van der Waals surface area contributed by atoms with Gasteiger partial charge in [0.15, 0.2) is 0 Å². The van der Waals surface area contributed by atoms with Gasteiger partial charge in [0.25, 0.3) is 0 Å². The largest absolute Gasteiger partial charge is 0.507 e. The molecule has 0 saturated carbocycles. The van der Waals surface area contributed by atoms with Crippen molar-refractivity contribution in [2.24, 2.45) is 0 Å². The van der Waals surface area contributed by atoms with E-state index in [0.717, 1.165) is 36.1 Å². The SMILES string of the molecule is C=C/C=C(\C=C/NCCCC(=C)C)/C=C/c1cc(C)ccc1O. The van der Waals surface area contributed by atoms with Crippen LogP contribution in [-0.2, 0) is 0 Å². The van der Waals surface area contributed by atoms with Crippen molar-refractivity contribution in [1.82, 2.24) is 5.32 Å². The Hall–Kier alpha value is -2.48. The highest BCUT2D eigenvalue weighted by Gasteiger charge is 1.97. The molecule has 2 heteroatoms. The van der Waals surface area contributed by atoms with Crippen molar-refractivity contribution >= 4 is 6.08 Å². The van der Waals surface area contributed by atoms with E-state index >= 15 is 0 Å². The Bertz CT molecular complexity index is 621. The predicted octanol–water partition coefficient (Wildman–Crippen LogP) is 5.29. The quantitative estimate of drug-likeness (QED) is 0.369. The Balaban J connectivity index is 2.63. The highest BCUT2D eigenvalue weighted by atomic mass is 16.3. The second-order valence-electron chi connectivity index (χ2n) is 5.65. The van der Waals surface area contributed by atoms with Gasteiger partial charge < -0.3 is 10.4 Å². The summed E-state index contributed by atoms with van der Waals surface area (Å²) >= 11 is 0. The van der Waals surface area contributed by atoms with E-state index in [-0.39, 0.29) is 5.75 Å². The number of benzene rings is 1. The molecule has 0 fully saturated rings. The van der Waals surface area contributed by atoms with Crippen molar-refractivity contribution in [2.45, 2.75) is 26.7 Å². The summed E-state index contributed by atoms with van der Waals surface area (Å²) in [5.74, 6) is 0.284. The minimum Gasteiger partial charge on any atom is -0.507 e. The van der Waals surface area contributed by atoms with Gasteiger partial charge in [-0.2, -0.15) is 0 Å². The smallest absolute Gasteiger partial charge is 0.122 e. The number of hydrogen-bond donors (Lipinski definition) is 2. The monoisotopic (exact) mass is 309 g/mol. The molecule has 0 aliphatic carbocycles. The van der Waals surface area contributed by atoms with Gasteiger partial charge in [-0.25, -0.2) is 0 Å². The molecule has 0 atom stereocenters. The first-order valence-electron chi connectivity index (χ1n) is 7.87. The van der Waals surface area contributed by atoms with Crippen LogP contribution < -0.4 is 5.32 Å². The van der Waals surface area contributed by atoms with Crippen LogP contribution in [0.15, 0.2) is 73.0 Å². The number of nitrogens with one attached hydrogen (secondary N) is 1. The third-order valence-electron chi connectivity index (χ3n) is 3.27. The van der Waals surface area contributed by atoms with Crippen LogP contribution in [0.25, 0.3) is 6.08 Å². The molecule has 1 aromatic carbocycles. The Morgan fingerprint density at radius 3 is 2.78 bits per heavy atom. The van der Waals surface area contributed by atoms with E-state index in [1.165, 1.54) is 5.57 Å². The lowest BCUT2D eigenvalue weighted by Crippen LogP contribution is -2.06. The van der Waals surface area contributed by atoms with E-state index in [2.05, 4.69) is 18.5 Å². The van der Waals surface area contributed by atoms with Crippen molar-refractivity contribution in [3.63, 3.8) is 0 Å². The lowest BCUT2D eigenvalue weighted by molar-refractivity contribution is 0.474. The summed E-state index contributed by atoms with van der Waals surface area (Å²) < 4.78 is 0. The third kappa shape index (κ3) is 7.91. The maximum atomic E-state index is 9.87. The summed E-state index contributed by atoms with van der Waals surface area (Å²) in [4.78, 5) is 0. The van der Waals surface area contributed by atoms with Gasteiger partial charge in [-0.3, -0.25) is 0 Å². The number of allylic oxidation sites excluding steroid dienone is 6. The van der Waals surface area contributed by atoms with E-state index in [0.29, 0.717) is 0 Å². The van der Waals surface area contributed by atoms with Crippen LogP contribution in [0.3, 0.4) is 0 Å². The molecule has 0 heterocycles. The molecule has 0 bridgehead atoms. The lowest BCUT2D eigenvalue weighted by atomic mass is 10.1. The fourth-order valence-electron chi connectivity index (χ4n) is 2.03. The molecule has 2 nitrogen and oxygen atoms in total. The summed E-state index contributed by atoms with van der Waals surface area (Å²) in [5.41, 5.74) is 4.14. The predicted molar refractivity (Wildman–Crippen MR) is 101 cm³/mol. The summed E-state index contributed by atoms with van der Waals surface area (Å²) in [6.45, 7) is 12.6. The number of aromatic hydroxyl groups is 1. The van der Waals surface area contributed by atoms with Crippen molar-refractivity contribution in [1.29, 1.82) is 0 Å². The molecule has 1 rings (SSSR count). The van der Waals surface area contributed by atoms with Gasteiger partial charge in [-0.05, 0) is 56.7 Å². The van der Waals surface area contributed by atoms with Gasteiger partial charge in [-0.15, -0.1) is 6.58 Å². The number of phenols is 1. The van der Waals surface area contributed by atoms with Gasteiger partial charge in [0.2, 0.25) is 0 Å². The number of aryl methyl sites for hydroxylation is 1. The van der Waals surface area contributed by atoms with Gasteiger partial charge in [0, 0.05) is 12.1 Å². The Morgan fingerprint density at radius 1 is 1.30 bits per heavy atom. The van der Waals surface area contributed by atoms with Crippen LogP contribution >= 0.6 is 0 Å².